The summed E-state index contributed by atoms with van der Waals surface area (Å²) in [6.45, 7) is -0.0604. The first-order valence-corrected chi connectivity index (χ1v) is 13.2. The fourth-order valence-corrected chi connectivity index (χ4v) is 5.10. The first kappa shape index (κ1) is 26.3. The van der Waals surface area contributed by atoms with E-state index in [9.17, 15) is 18.4 Å². The van der Waals surface area contributed by atoms with E-state index < -0.39 is 23.1 Å². The normalized spacial score (nSPS) is 12.2. The zero-order valence-electron chi connectivity index (χ0n) is 20.8. The summed E-state index contributed by atoms with van der Waals surface area (Å²) in [5, 5.41) is 5.88. The van der Waals surface area contributed by atoms with E-state index in [0.29, 0.717) is 40.0 Å². The average Bonchev–Trinajstić information content (AvgIpc) is 3.48. The third-order valence-corrected chi connectivity index (χ3v) is 7.21. The molecule has 0 aliphatic carbocycles. The number of halogens is 3. The third kappa shape index (κ3) is 5.42. The van der Waals surface area contributed by atoms with Crippen LogP contribution < -0.4 is 19.8 Å². The number of benzene rings is 3. The number of hydrogen-bond donors (Lipinski definition) is 2. The highest BCUT2D eigenvalue weighted by Crippen LogP contribution is 2.36. The monoisotopic (exact) mass is 590 g/mol. The summed E-state index contributed by atoms with van der Waals surface area (Å²) >= 11 is 7.63. The Bertz CT molecular complexity index is 1820. The number of hydrogen-bond acceptors (Lipinski definition) is 8. The maximum atomic E-state index is 14.2. The lowest BCUT2D eigenvalue weighted by Crippen LogP contribution is -2.25. The van der Waals surface area contributed by atoms with Gasteiger partial charge in [0.05, 0.1) is 38.7 Å². The predicted octanol–water partition coefficient (Wildman–Crippen LogP) is 6.42. The standard InChI is InChI=1S/C28H17ClF2N6O3S/c29-37(27(39)19-11-16(30)4-6-20(19)31)18-3-1-2-15(10-18)25-26(41-14-33-25)22-8-9-32-28(36-22)34-17-5-7-21-23(12-17)40-13-24(38)35-21/h1-12,14H,13H2,(H,35,38)(H,32,34,36). The number of anilines is 4. The van der Waals surface area contributed by atoms with Crippen LogP contribution in [0.25, 0.3) is 21.8 Å². The van der Waals surface area contributed by atoms with Crippen LogP contribution in [0.2, 0.25) is 0 Å². The Kier molecular flexibility index (Phi) is 7.00. The number of carbonyl (C=O) groups is 2. The molecule has 13 heteroatoms. The average molecular weight is 591 g/mol. The van der Waals surface area contributed by atoms with E-state index in [0.717, 1.165) is 27.5 Å². The van der Waals surface area contributed by atoms with Gasteiger partial charge >= 0.3 is 0 Å². The predicted molar refractivity (Wildman–Crippen MR) is 151 cm³/mol. The van der Waals surface area contributed by atoms with Crippen LogP contribution in [0.3, 0.4) is 0 Å². The number of amides is 2. The molecule has 3 heterocycles. The van der Waals surface area contributed by atoms with Gasteiger partial charge in [0, 0.05) is 35.3 Å². The quantitative estimate of drug-likeness (QED) is 0.220. The van der Waals surface area contributed by atoms with Crippen molar-refractivity contribution in [2.45, 2.75) is 0 Å². The first-order chi connectivity index (χ1) is 19.9. The minimum Gasteiger partial charge on any atom is -0.482 e. The number of carbonyl (C=O) groups excluding carboxylic acids is 2. The fourth-order valence-electron chi connectivity index (χ4n) is 4.12. The number of ether oxygens (including phenoxy) is 1. The smallest absolute Gasteiger partial charge is 0.276 e. The topological polar surface area (TPSA) is 109 Å². The Morgan fingerprint density at radius 3 is 2.83 bits per heavy atom. The number of nitrogens with one attached hydrogen (secondary N) is 2. The zero-order valence-corrected chi connectivity index (χ0v) is 22.3. The second kappa shape index (κ2) is 10.9. The molecule has 0 saturated heterocycles. The molecule has 0 atom stereocenters. The van der Waals surface area contributed by atoms with Gasteiger partial charge in [0.25, 0.3) is 11.8 Å². The molecule has 3 aromatic carbocycles. The van der Waals surface area contributed by atoms with Gasteiger partial charge < -0.3 is 15.4 Å². The van der Waals surface area contributed by atoms with Gasteiger partial charge in [-0.3, -0.25) is 9.59 Å². The lowest BCUT2D eigenvalue weighted by molar-refractivity contribution is -0.118. The van der Waals surface area contributed by atoms with Gasteiger partial charge in [-0.1, -0.05) is 12.1 Å². The van der Waals surface area contributed by atoms with E-state index in [1.807, 2.05) is 0 Å². The first-order valence-electron chi connectivity index (χ1n) is 12.0. The molecule has 1 aliphatic rings. The van der Waals surface area contributed by atoms with Crippen molar-refractivity contribution in [1.82, 2.24) is 15.0 Å². The Morgan fingerprint density at radius 2 is 1.95 bits per heavy atom. The molecule has 0 spiro atoms. The highest BCUT2D eigenvalue weighted by Gasteiger charge is 2.22. The molecule has 5 aromatic rings. The molecule has 41 heavy (non-hydrogen) atoms. The second-order valence-electron chi connectivity index (χ2n) is 8.73. The van der Waals surface area contributed by atoms with Crippen molar-refractivity contribution < 1.29 is 23.1 Å². The number of rotatable bonds is 6. The lowest BCUT2D eigenvalue weighted by Gasteiger charge is -2.18. The third-order valence-electron chi connectivity index (χ3n) is 6.01. The maximum absolute atomic E-state index is 14.2. The van der Waals surface area contributed by atoms with Crippen molar-refractivity contribution in [2.24, 2.45) is 0 Å². The van der Waals surface area contributed by atoms with Gasteiger partial charge in [-0.15, -0.1) is 11.3 Å². The van der Waals surface area contributed by atoms with E-state index in [1.165, 1.54) is 11.3 Å². The molecule has 9 nitrogen and oxygen atoms in total. The molecule has 0 fully saturated rings. The van der Waals surface area contributed by atoms with Crippen molar-refractivity contribution in [3.05, 3.63) is 95.6 Å². The molecule has 6 rings (SSSR count). The van der Waals surface area contributed by atoms with E-state index in [1.54, 1.807) is 60.2 Å². The summed E-state index contributed by atoms with van der Waals surface area (Å²) in [4.78, 5) is 38.5. The lowest BCUT2D eigenvalue weighted by atomic mass is 10.1. The second-order valence-corrected chi connectivity index (χ2v) is 9.92. The van der Waals surface area contributed by atoms with Crippen molar-refractivity contribution >= 4 is 57.9 Å². The summed E-state index contributed by atoms with van der Waals surface area (Å²) in [5.74, 6) is -1.92. The van der Waals surface area contributed by atoms with Gasteiger partial charge in [-0.25, -0.2) is 28.2 Å². The van der Waals surface area contributed by atoms with Crippen LogP contribution in [-0.4, -0.2) is 33.4 Å². The number of nitrogens with zero attached hydrogens (tertiary/aromatic N) is 4. The molecule has 204 valence electrons. The van der Waals surface area contributed by atoms with Gasteiger partial charge in [-0.05, 0) is 48.5 Å². The summed E-state index contributed by atoms with van der Waals surface area (Å²) in [5.41, 5.74) is 4.45. The summed E-state index contributed by atoms with van der Waals surface area (Å²) in [7, 11) is 0. The molecule has 0 saturated carbocycles. The molecule has 2 aromatic heterocycles. The minimum absolute atomic E-state index is 0.0604. The molecule has 0 unspecified atom stereocenters. The van der Waals surface area contributed by atoms with Crippen molar-refractivity contribution in [3.8, 4) is 27.6 Å². The fraction of sp³-hybridized carbons (Fsp3) is 0.0357. The van der Waals surface area contributed by atoms with Gasteiger partial charge in [-0.2, -0.15) is 0 Å². The van der Waals surface area contributed by atoms with E-state index in [-0.39, 0.29) is 18.2 Å². The Morgan fingerprint density at radius 1 is 1.07 bits per heavy atom. The minimum atomic E-state index is -0.916. The number of aromatic nitrogens is 3. The van der Waals surface area contributed by atoms with E-state index in [4.69, 9.17) is 16.5 Å². The van der Waals surface area contributed by atoms with E-state index >= 15 is 0 Å². The van der Waals surface area contributed by atoms with Crippen LogP contribution in [0, 0.1) is 11.6 Å². The van der Waals surface area contributed by atoms with E-state index in [2.05, 4.69) is 25.6 Å². The molecule has 2 N–H and O–H groups in total. The Hall–Kier alpha value is -4.94. The van der Waals surface area contributed by atoms with Gasteiger partial charge in [0.15, 0.2) is 6.61 Å². The molecular weight excluding hydrogens is 574 g/mol. The number of thiazole rings is 1. The SMILES string of the molecule is O=C1COc2cc(Nc3nccc(-c4scnc4-c4cccc(N(Cl)C(=O)c5cc(F)ccc5F)c4)n3)ccc2N1. The van der Waals surface area contributed by atoms with Crippen LogP contribution >= 0.6 is 23.1 Å². The molecular formula is C28H17ClF2N6O3S. The van der Waals surface area contributed by atoms with Crippen LogP contribution in [0.15, 0.2) is 78.4 Å². The number of fused-ring (bicyclic) bond motifs is 1. The molecule has 0 radical (unpaired) electrons. The highest BCUT2D eigenvalue weighted by molar-refractivity contribution is 7.13. The maximum Gasteiger partial charge on any atom is 0.276 e. The molecule has 1 aliphatic heterocycles. The summed E-state index contributed by atoms with van der Waals surface area (Å²) < 4.78 is 34.0. The summed E-state index contributed by atoms with van der Waals surface area (Å²) in [6.07, 6.45) is 1.60. The van der Waals surface area contributed by atoms with Crippen molar-refractivity contribution in [3.63, 3.8) is 0 Å². The van der Waals surface area contributed by atoms with Crippen molar-refractivity contribution in [1.29, 1.82) is 0 Å². The van der Waals surface area contributed by atoms with Crippen molar-refractivity contribution in [2.75, 3.05) is 21.7 Å². The Balaban J connectivity index is 1.26. The largest absolute Gasteiger partial charge is 0.482 e. The summed E-state index contributed by atoms with van der Waals surface area (Å²) in [6, 6.07) is 16.2. The van der Waals surface area contributed by atoms with Gasteiger partial charge in [0.1, 0.15) is 17.4 Å². The van der Waals surface area contributed by atoms with Gasteiger partial charge in [0.2, 0.25) is 5.95 Å². The van der Waals surface area contributed by atoms with Crippen LogP contribution in [-0.2, 0) is 4.79 Å². The molecule has 0 bridgehead atoms. The highest BCUT2D eigenvalue weighted by atomic mass is 35.5. The van der Waals surface area contributed by atoms with Crippen LogP contribution in [0.5, 0.6) is 5.75 Å². The Labute approximate surface area is 240 Å². The zero-order chi connectivity index (χ0) is 28.5. The molecule has 2 amide bonds. The van der Waals surface area contributed by atoms with Crippen LogP contribution in [0.1, 0.15) is 10.4 Å². The van der Waals surface area contributed by atoms with Crippen LogP contribution in [0.4, 0.5) is 31.8 Å².